The van der Waals surface area contributed by atoms with Gasteiger partial charge in [0.15, 0.2) is 11.9 Å². The molecule has 7 heteroatoms. The van der Waals surface area contributed by atoms with Crippen molar-refractivity contribution < 1.29 is 18.8 Å². The number of hydrogen-bond donors (Lipinski definition) is 0. The van der Waals surface area contributed by atoms with E-state index in [1.807, 2.05) is 25.7 Å². The first kappa shape index (κ1) is 14.9. The quantitative estimate of drug-likeness (QED) is 0.757. The average Bonchev–Trinajstić information content (AvgIpc) is 2.86. The van der Waals surface area contributed by atoms with E-state index in [9.17, 15) is 4.79 Å². The summed E-state index contributed by atoms with van der Waals surface area (Å²) >= 11 is 0. The molecule has 0 radical (unpaired) electrons. The fraction of sp³-hybridized carbons (Fsp3) is 0.769. The molecule has 1 aliphatic rings. The molecule has 1 aromatic rings. The Hall–Kier alpha value is -1.47. The Balaban J connectivity index is 1.96. The van der Waals surface area contributed by atoms with E-state index < -0.39 is 6.10 Å². The van der Waals surface area contributed by atoms with Crippen LogP contribution in [0.1, 0.15) is 32.5 Å². The van der Waals surface area contributed by atoms with Crippen LogP contribution < -0.4 is 0 Å². The number of hydrogen-bond acceptors (Lipinski definition) is 7. The Kier molecular flexibility index (Phi) is 4.39. The van der Waals surface area contributed by atoms with Crippen molar-refractivity contribution in [2.75, 3.05) is 26.8 Å². The largest absolute Gasteiger partial charge is 0.467 e. The van der Waals surface area contributed by atoms with Crippen molar-refractivity contribution in [3.63, 3.8) is 0 Å². The summed E-state index contributed by atoms with van der Waals surface area (Å²) in [6.07, 6.45) is -0.543. The number of carbonyl (C=O) groups excluding carboxylic acids is 1. The van der Waals surface area contributed by atoms with Gasteiger partial charge in [0.05, 0.1) is 20.3 Å². The Bertz CT molecular complexity index is 466. The lowest BCUT2D eigenvalue weighted by Gasteiger charge is -2.30. The zero-order valence-electron chi connectivity index (χ0n) is 12.4. The van der Waals surface area contributed by atoms with Crippen molar-refractivity contribution in [1.82, 2.24) is 15.0 Å². The van der Waals surface area contributed by atoms with Crippen LogP contribution in [0.3, 0.4) is 0 Å². The van der Waals surface area contributed by atoms with E-state index in [4.69, 9.17) is 14.0 Å². The minimum Gasteiger partial charge on any atom is -0.467 e. The number of ether oxygens (including phenoxy) is 2. The van der Waals surface area contributed by atoms with Crippen molar-refractivity contribution >= 4 is 5.97 Å². The SMILES string of the molecule is COC(=O)C1CN(Cc2nc(C(C)(C)C)no2)CCO1. The third-order valence-corrected chi connectivity index (χ3v) is 3.11. The molecule has 0 aliphatic carbocycles. The van der Waals surface area contributed by atoms with Gasteiger partial charge in [-0.2, -0.15) is 4.98 Å². The second-order valence-corrected chi connectivity index (χ2v) is 5.88. The van der Waals surface area contributed by atoms with Crippen molar-refractivity contribution in [2.45, 2.75) is 38.8 Å². The Labute approximate surface area is 118 Å². The lowest BCUT2D eigenvalue weighted by molar-refractivity contribution is -0.160. The fourth-order valence-electron chi connectivity index (χ4n) is 1.94. The molecular weight excluding hydrogens is 262 g/mol. The maximum atomic E-state index is 11.5. The summed E-state index contributed by atoms with van der Waals surface area (Å²) in [6.45, 7) is 8.29. The lowest BCUT2D eigenvalue weighted by atomic mass is 9.96. The summed E-state index contributed by atoms with van der Waals surface area (Å²) in [5.41, 5.74) is -0.138. The number of morpholine rings is 1. The first-order valence-electron chi connectivity index (χ1n) is 6.65. The Morgan fingerprint density at radius 2 is 2.25 bits per heavy atom. The van der Waals surface area contributed by atoms with Gasteiger partial charge in [-0.1, -0.05) is 25.9 Å². The highest BCUT2D eigenvalue weighted by molar-refractivity contribution is 5.74. The van der Waals surface area contributed by atoms with Gasteiger partial charge in [0.1, 0.15) is 0 Å². The van der Waals surface area contributed by atoms with E-state index in [1.54, 1.807) is 0 Å². The standard InChI is InChI=1S/C13H21N3O4/c1-13(2,3)12-14-10(20-15-12)8-16-5-6-19-9(7-16)11(17)18-4/h9H,5-8H2,1-4H3. The van der Waals surface area contributed by atoms with Crippen LogP contribution in [0.2, 0.25) is 0 Å². The number of rotatable bonds is 3. The molecule has 1 unspecified atom stereocenters. The summed E-state index contributed by atoms with van der Waals surface area (Å²) in [6, 6.07) is 0. The van der Waals surface area contributed by atoms with E-state index in [0.717, 1.165) is 6.54 Å². The van der Waals surface area contributed by atoms with E-state index in [2.05, 4.69) is 10.1 Å². The van der Waals surface area contributed by atoms with E-state index in [0.29, 0.717) is 31.4 Å². The predicted octanol–water partition coefficient (Wildman–Crippen LogP) is 0.741. The molecule has 0 saturated carbocycles. The number of methoxy groups -OCH3 is 1. The van der Waals surface area contributed by atoms with Crippen molar-refractivity contribution in [3.05, 3.63) is 11.7 Å². The van der Waals surface area contributed by atoms with Gasteiger partial charge in [-0.3, -0.25) is 4.90 Å². The van der Waals surface area contributed by atoms with Gasteiger partial charge in [0.2, 0.25) is 5.89 Å². The van der Waals surface area contributed by atoms with Crippen LogP contribution in [0.25, 0.3) is 0 Å². The predicted molar refractivity (Wildman–Crippen MR) is 70.0 cm³/mol. The molecule has 1 aliphatic heterocycles. The lowest BCUT2D eigenvalue weighted by Crippen LogP contribution is -2.46. The van der Waals surface area contributed by atoms with E-state index in [-0.39, 0.29) is 11.4 Å². The van der Waals surface area contributed by atoms with Gasteiger partial charge < -0.3 is 14.0 Å². The molecule has 0 N–H and O–H groups in total. The molecule has 112 valence electrons. The maximum Gasteiger partial charge on any atom is 0.336 e. The van der Waals surface area contributed by atoms with Crippen LogP contribution in [0, 0.1) is 0 Å². The third-order valence-electron chi connectivity index (χ3n) is 3.11. The normalized spacial score (nSPS) is 20.9. The summed E-state index contributed by atoms with van der Waals surface area (Å²) in [5, 5.41) is 3.99. The average molecular weight is 283 g/mol. The topological polar surface area (TPSA) is 77.7 Å². The molecule has 1 fully saturated rings. The molecule has 7 nitrogen and oxygen atoms in total. The summed E-state index contributed by atoms with van der Waals surface area (Å²) in [4.78, 5) is 17.9. The maximum absolute atomic E-state index is 11.5. The number of esters is 1. The molecular formula is C13H21N3O4. The van der Waals surface area contributed by atoms with Crippen LogP contribution in [0.5, 0.6) is 0 Å². The molecule has 0 aromatic carbocycles. The van der Waals surface area contributed by atoms with Crippen LogP contribution in [0.15, 0.2) is 4.52 Å². The van der Waals surface area contributed by atoms with Crippen LogP contribution >= 0.6 is 0 Å². The Morgan fingerprint density at radius 1 is 1.50 bits per heavy atom. The second-order valence-electron chi connectivity index (χ2n) is 5.88. The molecule has 0 spiro atoms. The number of carbonyl (C=O) groups is 1. The van der Waals surface area contributed by atoms with Crippen LogP contribution in [-0.4, -0.2) is 53.9 Å². The highest BCUT2D eigenvalue weighted by Gasteiger charge is 2.29. The van der Waals surface area contributed by atoms with Gasteiger partial charge >= 0.3 is 5.97 Å². The fourth-order valence-corrected chi connectivity index (χ4v) is 1.94. The van der Waals surface area contributed by atoms with Crippen molar-refractivity contribution in [3.8, 4) is 0 Å². The van der Waals surface area contributed by atoms with Crippen LogP contribution in [0.4, 0.5) is 0 Å². The molecule has 1 aromatic heterocycles. The zero-order chi connectivity index (χ0) is 14.8. The second kappa shape index (κ2) is 5.88. The van der Waals surface area contributed by atoms with Gasteiger partial charge in [-0.25, -0.2) is 4.79 Å². The molecule has 2 rings (SSSR count). The van der Waals surface area contributed by atoms with E-state index in [1.165, 1.54) is 7.11 Å². The minimum atomic E-state index is -0.543. The summed E-state index contributed by atoms with van der Waals surface area (Å²) in [5.74, 6) is 0.890. The molecule has 1 saturated heterocycles. The molecule has 2 heterocycles. The first-order chi connectivity index (χ1) is 9.40. The van der Waals surface area contributed by atoms with Gasteiger partial charge in [0.25, 0.3) is 0 Å². The number of aromatic nitrogens is 2. The van der Waals surface area contributed by atoms with Gasteiger partial charge in [-0.05, 0) is 0 Å². The number of nitrogens with zero attached hydrogens (tertiary/aromatic N) is 3. The smallest absolute Gasteiger partial charge is 0.336 e. The van der Waals surface area contributed by atoms with Crippen LogP contribution in [-0.2, 0) is 26.2 Å². The molecule has 0 bridgehead atoms. The molecule has 20 heavy (non-hydrogen) atoms. The molecule has 0 amide bonds. The van der Waals surface area contributed by atoms with Crippen molar-refractivity contribution in [1.29, 1.82) is 0 Å². The monoisotopic (exact) mass is 283 g/mol. The van der Waals surface area contributed by atoms with Gasteiger partial charge in [-0.15, -0.1) is 0 Å². The third kappa shape index (κ3) is 3.55. The highest BCUT2D eigenvalue weighted by atomic mass is 16.6. The summed E-state index contributed by atoms with van der Waals surface area (Å²) < 4.78 is 15.3. The highest BCUT2D eigenvalue weighted by Crippen LogP contribution is 2.19. The van der Waals surface area contributed by atoms with Gasteiger partial charge in [0, 0.05) is 18.5 Å². The Morgan fingerprint density at radius 3 is 2.85 bits per heavy atom. The summed E-state index contributed by atoms with van der Waals surface area (Å²) in [7, 11) is 1.36. The van der Waals surface area contributed by atoms with Crippen molar-refractivity contribution in [2.24, 2.45) is 0 Å². The first-order valence-corrected chi connectivity index (χ1v) is 6.65. The van der Waals surface area contributed by atoms with E-state index >= 15 is 0 Å². The minimum absolute atomic E-state index is 0.138. The zero-order valence-corrected chi connectivity index (χ0v) is 12.4. The molecule has 1 atom stereocenters.